The molecule has 6 nitrogen and oxygen atoms in total. The SMILES string of the molecule is N#CCC(=O)N=C1S[C@@H]2CS(=O)(=O)C[C@H]2N1c1ccccc1C(F)(F)F. The predicted molar refractivity (Wildman–Crippen MR) is 90.4 cm³/mol. The number of rotatable bonds is 2. The molecule has 0 radical (unpaired) electrons. The van der Waals surface area contributed by atoms with Gasteiger partial charge in [-0.05, 0) is 12.1 Å². The Labute approximate surface area is 151 Å². The van der Waals surface area contributed by atoms with Crippen LogP contribution in [0.15, 0.2) is 29.3 Å². The summed E-state index contributed by atoms with van der Waals surface area (Å²) in [6.45, 7) is 0. The Hall–Kier alpha value is -2.06. The largest absolute Gasteiger partial charge is 0.418 e. The highest BCUT2D eigenvalue weighted by molar-refractivity contribution is 8.16. The van der Waals surface area contributed by atoms with Gasteiger partial charge in [0, 0.05) is 5.25 Å². The first-order valence-electron chi connectivity index (χ1n) is 7.43. The molecule has 0 unspecified atom stereocenters. The highest BCUT2D eigenvalue weighted by Crippen LogP contribution is 2.45. The number of para-hydroxylation sites is 1. The Morgan fingerprint density at radius 2 is 2.04 bits per heavy atom. The summed E-state index contributed by atoms with van der Waals surface area (Å²) in [5.74, 6) is -1.30. The van der Waals surface area contributed by atoms with E-state index in [0.29, 0.717) is 0 Å². The normalized spacial score (nSPS) is 25.9. The van der Waals surface area contributed by atoms with Gasteiger partial charge in [0.05, 0.1) is 34.9 Å². The number of halogens is 3. The predicted octanol–water partition coefficient (Wildman–Crippen LogP) is 2.22. The van der Waals surface area contributed by atoms with E-state index in [9.17, 15) is 26.4 Å². The van der Waals surface area contributed by atoms with Crippen LogP contribution in [-0.4, -0.2) is 42.3 Å². The van der Waals surface area contributed by atoms with E-state index in [0.717, 1.165) is 17.8 Å². The lowest BCUT2D eigenvalue weighted by atomic mass is 10.1. The second kappa shape index (κ2) is 6.59. The van der Waals surface area contributed by atoms with Crippen LogP contribution in [0, 0.1) is 11.3 Å². The topological polar surface area (TPSA) is 90.6 Å². The van der Waals surface area contributed by atoms with Crippen molar-refractivity contribution in [3.8, 4) is 6.07 Å². The van der Waals surface area contributed by atoms with E-state index in [1.165, 1.54) is 23.1 Å². The zero-order valence-electron chi connectivity index (χ0n) is 13.1. The van der Waals surface area contributed by atoms with Gasteiger partial charge in [0.2, 0.25) is 0 Å². The number of nitrogens with zero attached hydrogens (tertiary/aromatic N) is 3. The van der Waals surface area contributed by atoms with Gasteiger partial charge in [-0.15, -0.1) is 0 Å². The molecular formula is C15H12F3N3O3S2. The summed E-state index contributed by atoms with van der Waals surface area (Å²) in [6, 6.07) is 5.64. The number of carbonyl (C=O) groups is 1. The zero-order chi connectivity index (χ0) is 19.1. The summed E-state index contributed by atoms with van der Waals surface area (Å²) in [6.07, 6.45) is -5.16. The number of thioether (sulfide) groups is 1. The van der Waals surface area contributed by atoms with Crippen molar-refractivity contribution in [2.45, 2.75) is 23.9 Å². The van der Waals surface area contributed by atoms with Crippen LogP contribution in [0.4, 0.5) is 18.9 Å². The summed E-state index contributed by atoms with van der Waals surface area (Å²) in [5, 5.41) is 8.06. The molecule has 1 aromatic carbocycles. The van der Waals surface area contributed by atoms with E-state index < -0.39 is 45.2 Å². The average molecular weight is 403 g/mol. The summed E-state index contributed by atoms with van der Waals surface area (Å²) in [5.41, 5.74) is -1.19. The number of nitriles is 1. The molecular weight excluding hydrogens is 391 g/mol. The fourth-order valence-corrected chi connectivity index (χ4v) is 6.91. The molecule has 0 saturated carbocycles. The van der Waals surface area contributed by atoms with Gasteiger partial charge in [0.15, 0.2) is 15.0 Å². The standard InChI is InChI=1S/C15H12F3N3O3S2/c16-15(17,18)9-3-1-2-4-10(9)21-11-7-26(23,24)8-12(11)25-14(21)20-13(22)5-6-19/h1-4,11-12H,5,7-8H2/t11-,12-/m1/s1. The van der Waals surface area contributed by atoms with Crippen LogP contribution in [0.2, 0.25) is 0 Å². The van der Waals surface area contributed by atoms with Crippen molar-refractivity contribution in [1.29, 1.82) is 5.26 Å². The van der Waals surface area contributed by atoms with Crippen LogP contribution in [0.1, 0.15) is 12.0 Å². The number of alkyl halides is 3. The lowest BCUT2D eigenvalue weighted by Gasteiger charge is -2.27. The number of hydrogen-bond acceptors (Lipinski definition) is 5. The maximum absolute atomic E-state index is 13.4. The van der Waals surface area contributed by atoms with Crippen molar-refractivity contribution in [2.24, 2.45) is 4.99 Å². The minimum atomic E-state index is -4.65. The Morgan fingerprint density at radius 1 is 1.35 bits per heavy atom. The molecule has 1 aromatic rings. The maximum Gasteiger partial charge on any atom is 0.418 e. The molecule has 0 N–H and O–H groups in total. The number of amides is 1. The van der Waals surface area contributed by atoms with Crippen LogP contribution >= 0.6 is 11.8 Å². The van der Waals surface area contributed by atoms with E-state index in [4.69, 9.17) is 5.26 Å². The van der Waals surface area contributed by atoms with Crippen LogP contribution < -0.4 is 4.90 Å². The number of benzene rings is 1. The first-order chi connectivity index (χ1) is 12.1. The first kappa shape index (κ1) is 18.7. The van der Waals surface area contributed by atoms with Crippen molar-refractivity contribution in [2.75, 3.05) is 16.4 Å². The van der Waals surface area contributed by atoms with Gasteiger partial charge in [-0.25, -0.2) is 8.42 Å². The maximum atomic E-state index is 13.4. The Kier molecular flexibility index (Phi) is 4.74. The quantitative estimate of drug-likeness (QED) is 0.752. The van der Waals surface area contributed by atoms with E-state index in [2.05, 4.69) is 4.99 Å². The highest BCUT2D eigenvalue weighted by Gasteiger charge is 2.51. The average Bonchev–Trinajstić information content (AvgIpc) is 2.97. The summed E-state index contributed by atoms with van der Waals surface area (Å²) >= 11 is 0.959. The van der Waals surface area contributed by atoms with Gasteiger partial charge in [-0.1, -0.05) is 23.9 Å². The van der Waals surface area contributed by atoms with Crippen molar-refractivity contribution in [1.82, 2.24) is 0 Å². The lowest BCUT2D eigenvalue weighted by molar-refractivity contribution is -0.137. The van der Waals surface area contributed by atoms with E-state index in [1.807, 2.05) is 0 Å². The molecule has 11 heteroatoms. The van der Waals surface area contributed by atoms with Gasteiger partial charge in [0.1, 0.15) is 6.42 Å². The molecule has 0 spiro atoms. The zero-order valence-corrected chi connectivity index (χ0v) is 14.7. The molecule has 26 heavy (non-hydrogen) atoms. The summed E-state index contributed by atoms with van der Waals surface area (Å²) < 4.78 is 64.1. The molecule has 2 atom stereocenters. The third-order valence-corrected chi connectivity index (χ3v) is 7.20. The van der Waals surface area contributed by atoms with Crippen LogP contribution in [0.5, 0.6) is 0 Å². The van der Waals surface area contributed by atoms with Crippen molar-refractivity contribution in [3.05, 3.63) is 29.8 Å². The smallest absolute Gasteiger partial charge is 0.315 e. The minimum absolute atomic E-state index is 0.00755. The van der Waals surface area contributed by atoms with Crippen molar-refractivity contribution in [3.63, 3.8) is 0 Å². The van der Waals surface area contributed by atoms with Crippen molar-refractivity contribution >= 4 is 38.4 Å². The Bertz CT molecular complexity index is 922. The van der Waals surface area contributed by atoms with Crippen LogP contribution in [-0.2, 0) is 20.8 Å². The lowest BCUT2D eigenvalue weighted by Crippen LogP contribution is -2.39. The van der Waals surface area contributed by atoms with Gasteiger partial charge >= 0.3 is 6.18 Å². The van der Waals surface area contributed by atoms with Gasteiger partial charge in [0.25, 0.3) is 5.91 Å². The molecule has 0 bridgehead atoms. The highest BCUT2D eigenvalue weighted by atomic mass is 32.2. The molecule has 138 valence electrons. The molecule has 0 aromatic heterocycles. The number of aliphatic imine (C=N–C) groups is 1. The van der Waals surface area contributed by atoms with Crippen molar-refractivity contribution < 1.29 is 26.4 Å². The summed E-state index contributed by atoms with van der Waals surface area (Å²) in [4.78, 5) is 16.7. The molecule has 3 rings (SSSR count). The summed E-state index contributed by atoms with van der Waals surface area (Å²) in [7, 11) is -3.39. The Balaban J connectivity index is 2.11. The fourth-order valence-electron chi connectivity index (χ4n) is 2.98. The van der Waals surface area contributed by atoms with Gasteiger partial charge < -0.3 is 4.90 Å². The monoisotopic (exact) mass is 403 g/mol. The van der Waals surface area contributed by atoms with E-state index in [1.54, 1.807) is 6.07 Å². The number of fused-ring (bicyclic) bond motifs is 1. The second-order valence-electron chi connectivity index (χ2n) is 5.81. The molecule has 2 saturated heterocycles. The molecule has 2 heterocycles. The number of anilines is 1. The Morgan fingerprint density at radius 3 is 2.69 bits per heavy atom. The van der Waals surface area contributed by atoms with Crippen LogP contribution in [0.25, 0.3) is 0 Å². The van der Waals surface area contributed by atoms with Gasteiger partial charge in [-0.3, -0.25) is 4.79 Å². The third-order valence-electron chi connectivity index (χ3n) is 3.99. The van der Waals surface area contributed by atoms with E-state index >= 15 is 0 Å². The molecule has 2 aliphatic rings. The van der Waals surface area contributed by atoms with E-state index in [-0.39, 0.29) is 22.4 Å². The fraction of sp³-hybridized carbons (Fsp3) is 0.400. The van der Waals surface area contributed by atoms with Gasteiger partial charge in [-0.2, -0.15) is 23.4 Å². The number of sulfone groups is 1. The third kappa shape index (κ3) is 3.57. The molecule has 2 aliphatic heterocycles. The molecule has 2 fully saturated rings. The minimum Gasteiger partial charge on any atom is -0.315 e. The number of carbonyl (C=O) groups excluding carboxylic acids is 1. The number of hydrogen-bond donors (Lipinski definition) is 0. The molecule has 1 amide bonds. The molecule has 0 aliphatic carbocycles. The first-order valence-corrected chi connectivity index (χ1v) is 10.1. The second-order valence-corrected chi connectivity index (χ2v) is 9.17. The number of amidine groups is 1. The van der Waals surface area contributed by atoms with Crippen LogP contribution in [0.3, 0.4) is 0 Å².